The Hall–Kier alpha value is -3.58. The van der Waals surface area contributed by atoms with E-state index < -0.39 is 11.4 Å². The Morgan fingerprint density at radius 2 is 1.77 bits per heavy atom. The minimum absolute atomic E-state index is 0.0887. The first-order valence-electron chi connectivity index (χ1n) is 9.44. The lowest BCUT2D eigenvalue weighted by Gasteiger charge is -2.34. The van der Waals surface area contributed by atoms with E-state index in [-0.39, 0.29) is 16.9 Å². The van der Waals surface area contributed by atoms with Crippen molar-refractivity contribution in [1.29, 1.82) is 0 Å². The number of aliphatic imine (C=N–C) groups is 1. The van der Waals surface area contributed by atoms with E-state index in [0.29, 0.717) is 39.5 Å². The van der Waals surface area contributed by atoms with Gasteiger partial charge >= 0.3 is 0 Å². The molecule has 0 saturated carbocycles. The van der Waals surface area contributed by atoms with Crippen LogP contribution < -0.4 is 15.2 Å². The topological polar surface area (TPSA) is 77.2 Å². The maximum atomic E-state index is 14.0. The molecule has 0 aromatic heterocycles. The van der Waals surface area contributed by atoms with E-state index in [9.17, 15) is 9.18 Å². The fourth-order valence-corrected chi connectivity index (χ4v) is 4.29. The molecule has 31 heavy (non-hydrogen) atoms. The molecule has 2 aliphatic rings. The molecule has 1 amide bonds. The Morgan fingerprint density at radius 3 is 2.42 bits per heavy atom. The first-order chi connectivity index (χ1) is 14.8. The van der Waals surface area contributed by atoms with Crippen molar-refractivity contribution >= 4 is 23.5 Å². The Bertz CT molecular complexity index is 1270. The zero-order valence-corrected chi connectivity index (χ0v) is 17.4. The maximum Gasteiger partial charge on any atom is 0.266 e. The minimum Gasteiger partial charge on any atom is -0.497 e. The SMILES string of the molecule is COc1ccc2c(c1)C1(N=C(N)N(C)C1=O)c1cc(-c3cc(F)cc(Cl)c3)ccc1O2. The van der Waals surface area contributed by atoms with E-state index in [1.54, 1.807) is 49.5 Å². The first-order valence-corrected chi connectivity index (χ1v) is 9.82. The third-order valence-electron chi connectivity index (χ3n) is 5.60. The summed E-state index contributed by atoms with van der Waals surface area (Å²) < 4.78 is 25.4. The quantitative estimate of drug-likeness (QED) is 0.648. The Morgan fingerprint density at radius 1 is 1.06 bits per heavy atom. The number of halogens is 2. The van der Waals surface area contributed by atoms with Crippen molar-refractivity contribution in [1.82, 2.24) is 4.90 Å². The molecule has 6 nitrogen and oxygen atoms in total. The molecule has 0 aliphatic carbocycles. The third kappa shape index (κ3) is 2.77. The van der Waals surface area contributed by atoms with Crippen LogP contribution in [0.25, 0.3) is 11.1 Å². The lowest BCUT2D eigenvalue weighted by Crippen LogP contribution is -2.42. The summed E-state index contributed by atoms with van der Waals surface area (Å²) in [6.07, 6.45) is 0. The van der Waals surface area contributed by atoms with Crippen LogP contribution in [0.5, 0.6) is 17.2 Å². The second kappa shape index (κ2) is 6.72. The van der Waals surface area contributed by atoms with Crippen molar-refractivity contribution in [3.05, 3.63) is 76.6 Å². The van der Waals surface area contributed by atoms with Crippen LogP contribution in [-0.2, 0) is 10.3 Å². The smallest absolute Gasteiger partial charge is 0.266 e. The number of carbonyl (C=O) groups is 1. The molecule has 2 heterocycles. The highest BCUT2D eigenvalue weighted by atomic mass is 35.5. The normalized spacial score (nSPS) is 19.0. The van der Waals surface area contributed by atoms with Crippen LogP contribution in [0.2, 0.25) is 5.02 Å². The van der Waals surface area contributed by atoms with E-state index in [1.807, 2.05) is 0 Å². The van der Waals surface area contributed by atoms with Gasteiger partial charge in [-0.1, -0.05) is 17.7 Å². The number of likely N-dealkylation sites (N-methyl/N-ethyl adjacent to an activating group) is 1. The summed E-state index contributed by atoms with van der Waals surface area (Å²) in [6, 6.07) is 14.7. The van der Waals surface area contributed by atoms with Crippen molar-refractivity contribution < 1.29 is 18.7 Å². The second-order valence-electron chi connectivity index (χ2n) is 7.38. The van der Waals surface area contributed by atoms with Crippen molar-refractivity contribution in [2.45, 2.75) is 5.54 Å². The zero-order chi connectivity index (χ0) is 21.9. The average Bonchev–Trinajstić information content (AvgIpc) is 2.97. The molecule has 1 spiro atoms. The van der Waals surface area contributed by atoms with E-state index in [1.165, 1.54) is 24.1 Å². The summed E-state index contributed by atoms with van der Waals surface area (Å²) in [5.74, 6) is 0.804. The molecule has 3 aromatic rings. The lowest BCUT2D eigenvalue weighted by molar-refractivity contribution is -0.129. The van der Waals surface area contributed by atoms with Crippen LogP contribution >= 0.6 is 11.6 Å². The van der Waals surface area contributed by atoms with Gasteiger partial charge in [0.1, 0.15) is 23.1 Å². The lowest BCUT2D eigenvalue weighted by atomic mass is 9.79. The number of amides is 1. The Labute approximate surface area is 182 Å². The molecular formula is C23H17ClFN3O3. The van der Waals surface area contributed by atoms with Gasteiger partial charge in [-0.15, -0.1) is 0 Å². The van der Waals surface area contributed by atoms with Gasteiger partial charge in [0.25, 0.3) is 5.91 Å². The third-order valence-corrected chi connectivity index (χ3v) is 5.82. The van der Waals surface area contributed by atoms with E-state index in [0.717, 1.165) is 0 Å². The number of hydrogen-bond acceptors (Lipinski definition) is 5. The number of rotatable bonds is 2. The molecule has 0 fully saturated rings. The molecule has 2 N–H and O–H groups in total. The van der Waals surface area contributed by atoms with Gasteiger partial charge in [-0.25, -0.2) is 9.38 Å². The number of nitrogens with two attached hydrogens (primary N) is 1. The van der Waals surface area contributed by atoms with Crippen LogP contribution in [0, 0.1) is 5.82 Å². The van der Waals surface area contributed by atoms with Gasteiger partial charge in [0.2, 0.25) is 5.54 Å². The van der Waals surface area contributed by atoms with Crippen LogP contribution in [0.15, 0.2) is 59.6 Å². The fourth-order valence-electron chi connectivity index (χ4n) is 4.07. The molecule has 0 saturated heterocycles. The number of guanidine groups is 1. The highest BCUT2D eigenvalue weighted by molar-refractivity contribution is 6.30. The van der Waals surface area contributed by atoms with E-state index in [4.69, 9.17) is 26.8 Å². The molecule has 3 aromatic carbocycles. The fraction of sp³-hybridized carbons (Fsp3) is 0.130. The molecule has 0 radical (unpaired) electrons. The Kier molecular flexibility index (Phi) is 4.20. The summed E-state index contributed by atoms with van der Waals surface area (Å²) in [7, 11) is 3.11. The number of hydrogen-bond donors (Lipinski definition) is 1. The summed E-state index contributed by atoms with van der Waals surface area (Å²) in [6.45, 7) is 0. The van der Waals surface area contributed by atoms with Crippen molar-refractivity contribution in [2.24, 2.45) is 10.7 Å². The van der Waals surface area contributed by atoms with Crippen molar-refractivity contribution in [3.63, 3.8) is 0 Å². The molecule has 2 aliphatic heterocycles. The number of carbonyl (C=O) groups excluding carboxylic acids is 1. The van der Waals surface area contributed by atoms with Gasteiger partial charge in [-0.05, 0) is 59.7 Å². The number of nitrogens with zero attached hydrogens (tertiary/aromatic N) is 2. The highest BCUT2D eigenvalue weighted by Crippen LogP contribution is 2.53. The number of fused-ring (bicyclic) bond motifs is 4. The molecular weight excluding hydrogens is 421 g/mol. The maximum absolute atomic E-state index is 14.0. The van der Waals surface area contributed by atoms with Gasteiger partial charge < -0.3 is 15.2 Å². The Balaban J connectivity index is 1.79. The summed E-state index contributed by atoms with van der Waals surface area (Å²) >= 11 is 6.05. The van der Waals surface area contributed by atoms with Gasteiger partial charge in [-0.2, -0.15) is 0 Å². The predicted molar refractivity (Wildman–Crippen MR) is 115 cm³/mol. The van der Waals surface area contributed by atoms with E-state index >= 15 is 0 Å². The summed E-state index contributed by atoms with van der Waals surface area (Å²) in [5.41, 5.74) is 6.87. The van der Waals surface area contributed by atoms with Crippen LogP contribution in [-0.4, -0.2) is 30.9 Å². The van der Waals surface area contributed by atoms with Gasteiger partial charge in [0.05, 0.1) is 7.11 Å². The highest BCUT2D eigenvalue weighted by Gasteiger charge is 2.54. The molecule has 0 bridgehead atoms. The molecule has 5 rings (SSSR count). The second-order valence-corrected chi connectivity index (χ2v) is 7.81. The average molecular weight is 438 g/mol. The number of methoxy groups -OCH3 is 1. The molecule has 8 heteroatoms. The van der Waals surface area contributed by atoms with Crippen molar-refractivity contribution in [3.8, 4) is 28.4 Å². The van der Waals surface area contributed by atoms with Gasteiger partial charge in [-0.3, -0.25) is 9.69 Å². The number of ether oxygens (including phenoxy) is 2. The monoisotopic (exact) mass is 437 g/mol. The number of benzene rings is 3. The van der Waals surface area contributed by atoms with Crippen LogP contribution in [0.4, 0.5) is 4.39 Å². The standard InChI is InChI=1S/C23H17ClFN3O3/c1-28-21(29)23(27-22(28)26)17-9-12(13-7-14(24)10-15(25)8-13)3-5-19(17)31-20-6-4-16(30-2)11-18(20)23/h3-11H,1-2H3,(H2,26,27). The first kappa shape index (κ1) is 19.4. The van der Waals surface area contributed by atoms with Crippen LogP contribution in [0.3, 0.4) is 0 Å². The van der Waals surface area contributed by atoms with Crippen molar-refractivity contribution in [2.75, 3.05) is 14.2 Å². The summed E-state index contributed by atoms with van der Waals surface area (Å²) in [4.78, 5) is 19.4. The largest absolute Gasteiger partial charge is 0.497 e. The van der Waals surface area contributed by atoms with Gasteiger partial charge in [0.15, 0.2) is 5.96 Å². The van der Waals surface area contributed by atoms with Crippen LogP contribution in [0.1, 0.15) is 11.1 Å². The molecule has 1 unspecified atom stereocenters. The predicted octanol–water partition coefficient (Wildman–Crippen LogP) is 4.29. The van der Waals surface area contributed by atoms with E-state index in [2.05, 4.69) is 4.99 Å². The van der Waals surface area contributed by atoms with Gasteiger partial charge in [0, 0.05) is 23.2 Å². The molecule has 156 valence electrons. The zero-order valence-electron chi connectivity index (χ0n) is 16.6. The molecule has 1 atom stereocenters. The minimum atomic E-state index is -1.44. The summed E-state index contributed by atoms with van der Waals surface area (Å²) in [5, 5.41) is 0.271.